The van der Waals surface area contributed by atoms with Crippen molar-refractivity contribution in [1.82, 2.24) is 0 Å². The maximum Gasteiger partial charge on any atom is 0.105 e. The average molecular weight is 235 g/mol. The largest absolute Gasteiger partial charge is 0.390 e. The second kappa shape index (κ2) is 5.68. The normalized spacial score (nSPS) is 13.9. The Morgan fingerprint density at radius 1 is 1.18 bits per heavy atom. The lowest BCUT2D eigenvalue weighted by Gasteiger charge is -2.19. The van der Waals surface area contributed by atoms with Gasteiger partial charge in [0.15, 0.2) is 0 Å². The molecule has 2 N–H and O–H groups in total. The van der Waals surface area contributed by atoms with Crippen molar-refractivity contribution in [2.75, 3.05) is 6.54 Å². The molecule has 0 amide bonds. The molecule has 0 spiro atoms. The molecule has 0 fully saturated rings. The molecule has 5 nitrogen and oxygen atoms in total. The summed E-state index contributed by atoms with van der Waals surface area (Å²) in [5.41, 5.74) is 12.0. The van der Waals surface area contributed by atoms with Crippen LogP contribution in [0.4, 0.5) is 0 Å². The number of benzene rings is 1. The molecular weight excluding hydrogens is 218 g/mol. The molecule has 5 heteroatoms. The summed E-state index contributed by atoms with van der Waals surface area (Å²) in [6, 6.07) is 3.82. The van der Waals surface area contributed by atoms with E-state index in [0.717, 1.165) is 16.7 Å². The van der Waals surface area contributed by atoms with E-state index in [0.29, 0.717) is 5.56 Å². The van der Waals surface area contributed by atoms with Crippen LogP contribution in [0.1, 0.15) is 28.4 Å². The molecule has 0 saturated heterocycles. The van der Waals surface area contributed by atoms with Gasteiger partial charge in [-0.25, -0.2) is 0 Å². The predicted octanol–water partition coefficient (Wildman–Crippen LogP) is 2.32. The maximum absolute atomic E-state index is 9.98. The van der Waals surface area contributed by atoms with Crippen LogP contribution in [0.15, 0.2) is 17.2 Å². The Bertz CT molecular complexity index is 453. The first-order valence-electron chi connectivity index (χ1n) is 5.42. The first-order chi connectivity index (χ1) is 7.97. The van der Waals surface area contributed by atoms with Crippen LogP contribution in [0.2, 0.25) is 0 Å². The minimum Gasteiger partial charge on any atom is -0.390 e. The number of aliphatic hydroxyl groups is 2. The van der Waals surface area contributed by atoms with Gasteiger partial charge in [0.05, 0.1) is 12.6 Å². The first-order valence-corrected chi connectivity index (χ1v) is 5.42. The molecule has 0 aliphatic carbocycles. The van der Waals surface area contributed by atoms with Gasteiger partial charge >= 0.3 is 0 Å². The fourth-order valence-electron chi connectivity index (χ4n) is 1.73. The van der Waals surface area contributed by atoms with E-state index in [1.807, 2.05) is 32.9 Å². The maximum atomic E-state index is 9.98. The number of hydrogen-bond acceptors (Lipinski definition) is 3. The summed E-state index contributed by atoms with van der Waals surface area (Å²) in [4.78, 5) is 2.56. The predicted molar refractivity (Wildman–Crippen MR) is 65.6 cm³/mol. The number of aryl methyl sites for hydroxylation is 3. The first kappa shape index (κ1) is 13.5. The van der Waals surface area contributed by atoms with E-state index in [4.69, 9.17) is 5.53 Å². The third-order valence-electron chi connectivity index (χ3n) is 2.90. The minimum absolute atomic E-state index is 0.135. The topological polar surface area (TPSA) is 89.2 Å². The highest BCUT2D eigenvalue weighted by Crippen LogP contribution is 2.24. The Balaban J connectivity index is 2.99. The minimum atomic E-state index is -1.08. The number of aliphatic hydroxyl groups excluding tert-OH is 2. The third kappa shape index (κ3) is 3.20. The van der Waals surface area contributed by atoms with Crippen molar-refractivity contribution >= 4 is 0 Å². The number of azide groups is 1. The van der Waals surface area contributed by atoms with E-state index in [2.05, 4.69) is 10.0 Å². The highest BCUT2D eigenvalue weighted by molar-refractivity contribution is 5.38. The van der Waals surface area contributed by atoms with E-state index >= 15 is 0 Å². The standard InChI is InChI=1S/C12H17N3O2/c1-7-4-9(3)10(5-8(7)2)12(17)11(16)6-14-15-13/h4-5,11-12,16-17H,6H2,1-3H3. The Kier molecular flexibility index (Phi) is 4.52. The van der Waals surface area contributed by atoms with Crippen LogP contribution in [0.25, 0.3) is 10.4 Å². The zero-order chi connectivity index (χ0) is 13.0. The van der Waals surface area contributed by atoms with E-state index in [-0.39, 0.29) is 6.54 Å². The number of rotatable bonds is 4. The molecule has 2 atom stereocenters. The monoisotopic (exact) mass is 235 g/mol. The second-order valence-electron chi connectivity index (χ2n) is 4.22. The van der Waals surface area contributed by atoms with Crippen molar-refractivity contribution in [3.8, 4) is 0 Å². The van der Waals surface area contributed by atoms with Crippen molar-refractivity contribution in [1.29, 1.82) is 0 Å². The fraction of sp³-hybridized carbons (Fsp3) is 0.500. The quantitative estimate of drug-likeness (QED) is 0.476. The fourth-order valence-corrected chi connectivity index (χ4v) is 1.73. The second-order valence-corrected chi connectivity index (χ2v) is 4.22. The summed E-state index contributed by atoms with van der Waals surface area (Å²) >= 11 is 0. The van der Waals surface area contributed by atoms with Crippen molar-refractivity contribution in [3.05, 3.63) is 44.8 Å². The summed E-state index contributed by atoms with van der Waals surface area (Å²) < 4.78 is 0. The lowest BCUT2D eigenvalue weighted by atomic mass is 9.95. The summed E-state index contributed by atoms with van der Waals surface area (Å²) in [5, 5.41) is 22.9. The van der Waals surface area contributed by atoms with Crippen LogP contribution in [0.3, 0.4) is 0 Å². The zero-order valence-corrected chi connectivity index (χ0v) is 10.3. The summed E-state index contributed by atoms with van der Waals surface area (Å²) in [5.74, 6) is 0. The Morgan fingerprint density at radius 3 is 2.35 bits per heavy atom. The Morgan fingerprint density at radius 2 is 1.76 bits per heavy atom. The van der Waals surface area contributed by atoms with E-state index in [1.54, 1.807) is 0 Å². The summed E-state index contributed by atoms with van der Waals surface area (Å²) in [7, 11) is 0. The van der Waals surface area contributed by atoms with Gasteiger partial charge in [0, 0.05) is 4.91 Å². The van der Waals surface area contributed by atoms with Gasteiger partial charge < -0.3 is 10.2 Å². The molecule has 1 rings (SSSR count). The van der Waals surface area contributed by atoms with Crippen LogP contribution in [0, 0.1) is 20.8 Å². The Hall–Kier alpha value is -1.55. The molecule has 1 aromatic carbocycles. The molecule has 92 valence electrons. The van der Waals surface area contributed by atoms with E-state index < -0.39 is 12.2 Å². The lowest BCUT2D eigenvalue weighted by molar-refractivity contribution is 0.0240. The van der Waals surface area contributed by atoms with Gasteiger partial charge in [0.25, 0.3) is 0 Å². The zero-order valence-electron chi connectivity index (χ0n) is 10.3. The molecule has 0 radical (unpaired) electrons. The molecule has 0 aliphatic rings. The van der Waals surface area contributed by atoms with Crippen molar-refractivity contribution in [2.24, 2.45) is 5.11 Å². The Labute approximate surface area is 100 Å². The lowest BCUT2D eigenvalue weighted by Crippen LogP contribution is -2.22. The van der Waals surface area contributed by atoms with Crippen molar-refractivity contribution in [2.45, 2.75) is 33.0 Å². The van der Waals surface area contributed by atoms with Crippen LogP contribution < -0.4 is 0 Å². The van der Waals surface area contributed by atoms with Gasteiger partial charge in [-0.2, -0.15) is 0 Å². The van der Waals surface area contributed by atoms with Gasteiger partial charge in [0.2, 0.25) is 0 Å². The van der Waals surface area contributed by atoms with E-state index in [9.17, 15) is 10.2 Å². The molecule has 1 aromatic rings. The van der Waals surface area contributed by atoms with Crippen LogP contribution in [0.5, 0.6) is 0 Å². The van der Waals surface area contributed by atoms with Gasteiger partial charge in [-0.05, 0) is 48.6 Å². The summed E-state index contributed by atoms with van der Waals surface area (Å²) in [6.07, 6.45) is -2.11. The molecular formula is C12H17N3O2. The highest BCUT2D eigenvalue weighted by atomic mass is 16.3. The number of hydrogen-bond donors (Lipinski definition) is 2. The molecule has 0 saturated carbocycles. The SMILES string of the molecule is Cc1cc(C)c(C(O)C(O)CN=[N+]=[N-])cc1C. The van der Waals surface area contributed by atoms with Gasteiger partial charge in [-0.1, -0.05) is 17.2 Å². The average Bonchev–Trinajstić information content (AvgIpc) is 2.29. The molecule has 0 bridgehead atoms. The highest BCUT2D eigenvalue weighted by Gasteiger charge is 2.19. The molecule has 17 heavy (non-hydrogen) atoms. The smallest absolute Gasteiger partial charge is 0.105 e. The third-order valence-corrected chi connectivity index (χ3v) is 2.90. The van der Waals surface area contributed by atoms with Crippen LogP contribution in [-0.2, 0) is 0 Å². The van der Waals surface area contributed by atoms with E-state index in [1.165, 1.54) is 0 Å². The summed E-state index contributed by atoms with van der Waals surface area (Å²) in [6.45, 7) is 5.69. The van der Waals surface area contributed by atoms with Crippen LogP contribution >= 0.6 is 0 Å². The molecule has 0 aliphatic heterocycles. The van der Waals surface area contributed by atoms with Gasteiger partial charge in [-0.15, -0.1) is 0 Å². The van der Waals surface area contributed by atoms with Crippen LogP contribution in [-0.4, -0.2) is 22.9 Å². The van der Waals surface area contributed by atoms with Crippen molar-refractivity contribution < 1.29 is 10.2 Å². The molecule has 2 unspecified atom stereocenters. The van der Waals surface area contributed by atoms with Gasteiger partial charge in [0.1, 0.15) is 6.10 Å². The number of nitrogens with zero attached hydrogens (tertiary/aromatic N) is 3. The van der Waals surface area contributed by atoms with Crippen molar-refractivity contribution in [3.63, 3.8) is 0 Å². The molecule has 0 aromatic heterocycles. The molecule has 0 heterocycles. The van der Waals surface area contributed by atoms with Gasteiger partial charge in [-0.3, -0.25) is 0 Å².